The Labute approximate surface area is 167 Å². The van der Waals surface area contributed by atoms with Crippen LogP contribution >= 0.6 is 35.5 Å². The number of anilines is 1. The summed E-state index contributed by atoms with van der Waals surface area (Å²) in [5, 5.41) is 4.49. The molecule has 6 nitrogen and oxygen atoms in total. The zero-order valence-electron chi connectivity index (χ0n) is 15.1. The second kappa shape index (κ2) is 11.8. The lowest BCUT2D eigenvalue weighted by molar-refractivity contribution is 0.372. The summed E-state index contributed by atoms with van der Waals surface area (Å²) in [7, 11) is 0. The molecule has 2 rings (SSSR count). The molecule has 0 saturated carbocycles. The molecule has 1 aromatic rings. The van der Waals surface area contributed by atoms with Gasteiger partial charge in [0.15, 0.2) is 5.96 Å². The molecule has 1 fully saturated rings. The summed E-state index contributed by atoms with van der Waals surface area (Å²) in [5.41, 5.74) is 0. The second-order valence-electron chi connectivity index (χ2n) is 5.76. The summed E-state index contributed by atoms with van der Waals surface area (Å²) in [6.07, 6.45) is 4.58. The average Bonchev–Trinajstić information content (AvgIpc) is 3.07. The van der Waals surface area contributed by atoms with Crippen LogP contribution in [-0.2, 0) is 6.42 Å². The number of hydrogen-bond donors (Lipinski definition) is 1. The monoisotopic (exact) mass is 466 g/mol. The number of unbranched alkanes of at least 4 members (excludes halogenated alkanes) is 2. The van der Waals surface area contributed by atoms with Crippen LogP contribution in [0.5, 0.6) is 0 Å². The molecule has 0 aromatic carbocycles. The number of nitrogens with zero attached hydrogens (tertiary/aromatic N) is 5. The third-order valence-electron chi connectivity index (χ3n) is 3.98. The van der Waals surface area contributed by atoms with Crippen molar-refractivity contribution in [2.24, 2.45) is 4.99 Å². The highest BCUT2D eigenvalue weighted by Gasteiger charge is 2.21. The van der Waals surface area contributed by atoms with Crippen molar-refractivity contribution >= 4 is 46.6 Å². The summed E-state index contributed by atoms with van der Waals surface area (Å²) in [6.45, 7) is 12.2. The van der Waals surface area contributed by atoms with E-state index < -0.39 is 0 Å². The first-order valence-electron chi connectivity index (χ1n) is 8.89. The summed E-state index contributed by atoms with van der Waals surface area (Å²) in [4.78, 5) is 14.1. The van der Waals surface area contributed by atoms with Crippen molar-refractivity contribution in [3.8, 4) is 0 Å². The highest BCUT2D eigenvalue weighted by atomic mass is 127. The Hall–Kier alpha value is -0.640. The van der Waals surface area contributed by atoms with Gasteiger partial charge in [0.25, 0.3) is 0 Å². The molecule has 0 bridgehead atoms. The summed E-state index contributed by atoms with van der Waals surface area (Å²) >= 11 is 1.52. The predicted octanol–water partition coefficient (Wildman–Crippen LogP) is 3.00. The minimum absolute atomic E-state index is 0. The maximum absolute atomic E-state index is 4.78. The number of aromatic nitrogens is 2. The van der Waals surface area contributed by atoms with Crippen molar-refractivity contribution in [2.75, 3.05) is 44.2 Å². The molecule has 1 N–H and O–H groups in total. The Morgan fingerprint density at radius 3 is 2.50 bits per heavy atom. The molecular weight excluding hydrogens is 435 g/mol. The van der Waals surface area contributed by atoms with Gasteiger partial charge in [-0.25, -0.2) is 4.98 Å². The van der Waals surface area contributed by atoms with Gasteiger partial charge in [-0.05, 0) is 13.3 Å². The molecule has 24 heavy (non-hydrogen) atoms. The quantitative estimate of drug-likeness (QED) is 0.290. The molecule has 0 unspecified atom stereocenters. The van der Waals surface area contributed by atoms with Gasteiger partial charge in [0.1, 0.15) is 5.82 Å². The lowest BCUT2D eigenvalue weighted by Crippen LogP contribution is -2.52. The molecule has 1 aliphatic rings. The summed E-state index contributed by atoms with van der Waals surface area (Å²) in [5.74, 6) is 2.02. The lowest BCUT2D eigenvalue weighted by atomic mass is 10.2. The van der Waals surface area contributed by atoms with Crippen molar-refractivity contribution in [1.29, 1.82) is 0 Å². The van der Waals surface area contributed by atoms with E-state index in [1.807, 2.05) is 0 Å². The van der Waals surface area contributed by atoms with Crippen LogP contribution < -0.4 is 10.2 Å². The van der Waals surface area contributed by atoms with E-state index in [2.05, 4.69) is 45.2 Å². The highest BCUT2D eigenvalue weighted by Crippen LogP contribution is 2.19. The molecular formula is C16H31IN6S. The van der Waals surface area contributed by atoms with Crippen LogP contribution in [0, 0.1) is 0 Å². The number of nitrogens with one attached hydrogen (secondary N) is 1. The molecule has 2 heterocycles. The average molecular weight is 466 g/mol. The van der Waals surface area contributed by atoms with Crippen LogP contribution in [-0.4, -0.2) is 59.5 Å². The van der Waals surface area contributed by atoms with E-state index in [-0.39, 0.29) is 24.0 Å². The van der Waals surface area contributed by atoms with Crippen LogP contribution in [0.2, 0.25) is 0 Å². The minimum atomic E-state index is 0. The number of aryl methyl sites for hydroxylation is 1. The smallest absolute Gasteiger partial charge is 0.205 e. The molecule has 8 heteroatoms. The molecule has 0 atom stereocenters. The van der Waals surface area contributed by atoms with E-state index in [9.17, 15) is 0 Å². The Balaban J connectivity index is 0.00000288. The Bertz CT molecular complexity index is 485. The van der Waals surface area contributed by atoms with Gasteiger partial charge in [0.2, 0.25) is 5.13 Å². The number of aliphatic imine (C=N–C) groups is 1. The number of guanidine groups is 1. The fourth-order valence-corrected chi connectivity index (χ4v) is 3.40. The maximum Gasteiger partial charge on any atom is 0.205 e. The van der Waals surface area contributed by atoms with E-state index in [0.29, 0.717) is 0 Å². The van der Waals surface area contributed by atoms with Crippen LogP contribution in [0.3, 0.4) is 0 Å². The van der Waals surface area contributed by atoms with E-state index in [4.69, 9.17) is 4.99 Å². The first-order chi connectivity index (χ1) is 11.3. The third-order valence-corrected chi connectivity index (χ3v) is 4.80. The number of rotatable bonds is 7. The Morgan fingerprint density at radius 1 is 1.17 bits per heavy atom. The van der Waals surface area contributed by atoms with Gasteiger partial charge in [-0.15, -0.1) is 24.0 Å². The lowest BCUT2D eigenvalue weighted by Gasteiger charge is -2.36. The van der Waals surface area contributed by atoms with Gasteiger partial charge in [-0.2, -0.15) is 4.37 Å². The predicted molar refractivity (Wildman–Crippen MR) is 114 cm³/mol. The third kappa shape index (κ3) is 6.34. The van der Waals surface area contributed by atoms with Gasteiger partial charge < -0.3 is 15.1 Å². The summed E-state index contributed by atoms with van der Waals surface area (Å²) in [6, 6.07) is 0. The van der Waals surface area contributed by atoms with Crippen molar-refractivity contribution in [3.05, 3.63) is 5.82 Å². The zero-order valence-corrected chi connectivity index (χ0v) is 18.3. The Kier molecular flexibility index (Phi) is 10.6. The largest absolute Gasteiger partial charge is 0.357 e. The fourth-order valence-electron chi connectivity index (χ4n) is 2.60. The molecule has 1 aromatic heterocycles. The SMILES string of the molecule is CCCCCN=C(NCC)N1CCN(c2nc(CC)ns2)CC1.I. The van der Waals surface area contributed by atoms with E-state index in [1.165, 1.54) is 30.8 Å². The van der Waals surface area contributed by atoms with Gasteiger partial charge in [0, 0.05) is 57.2 Å². The van der Waals surface area contributed by atoms with Crippen molar-refractivity contribution in [2.45, 2.75) is 46.5 Å². The van der Waals surface area contributed by atoms with Crippen molar-refractivity contribution in [3.63, 3.8) is 0 Å². The molecule has 1 saturated heterocycles. The van der Waals surface area contributed by atoms with Crippen LogP contribution in [0.4, 0.5) is 5.13 Å². The van der Waals surface area contributed by atoms with Crippen LogP contribution in [0.1, 0.15) is 45.9 Å². The molecule has 1 aliphatic heterocycles. The maximum atomic E-state index is 4.78. The van der Waals surface area contributed by atoms with Gasteiger partial charge in [-0.1, -0.05) is 26.7 Å². The van der Waals surface area contributed by atoms with E-state index >= 15 is 0 Å². The normalized spacial score (nSPS) is 15.4. The minimum Gasteiger partial charge on any atom is -0.357 e. The van der Waals surface area contributed by atoms with Crippen molar-refractivity contribution in [1.82, 2.24) is 19.6 Å². The molecule has 138 valence electrons. The molecule has 0 amide bonds. The zero-order chi connectivity index (χ0) is 16.5. The molecule has 0 aliphatic carbocycles. The van der Waals surface area contributed by atoms with E-state index in [0.717, 1.165) is 62.6 Å². The van der Waals surface area contributed by atoms with Gasteiger partial charge in [0.05, 0.1) is 0 Å². The highest BCUT2D eigenvalue weighted by molar-refractivity contribution is 14.0. The first-order valence-corrected chi connectivity index (χ1v) is 9.66. The topological polar surface area (TPSA) is 56.7 Å². The molecule has 0 radical (unpaired) electrons. The standard InChI is InChI=1S/C16H30N6S.HI/c1-4-7-8-9-18-15(17-6-3)21-10-12-22(13-11-21)16-19-14(5-2)20-23-16;/h4-13H2,1-3H3,(H,17,18);1H. The van der Waals surface area contributed by atoms with E-state index in [1.54, 1.807) is 0 Å². The second-order valence-corrected chi connectivity index (χ2v) is 6.49. The summed E-state index contributed by atoms with van der Waals surface area (Å²) < 4.78 is 4.39. The fraction of sp³-hybridized carbons (Fsp3) is 0.812. The van der Waals surface area contributed by atoms with Gasteiger partial charge in [-0.3, -0.25) is 4.99 Å². The number of hydrogen-bond acceptors (Lipinski definition) is 5. The number of halogens is 1. The van der Waals surface area contributed by atoms with Gasteiger partial charge >= 0.3 is 0 Å². The van der Waals surface area contributed by atoms with Crippen LogP contribution in [0.15, 0.2) is 4.99 Å². The molecule has 0 spiro atoms. The van der Waals surface area contributed by atoms with Crippen molar-refractivity contribution < 1.29 is 0 Å². The first kappa shape index (κ1) is 21.4. The Morgan fingerprint density at radius 2 is 1.92 bits per heavy atom. The number of piperazine rings is 1. The van der Waals surface area contributed by atoms with Crippen LogP contribution in [0.25, 0.3) is 0 Å².